The van der Waals surface area contributed by atoms with E-state index in [4.69, 9.17) is 0 Å². The maximum atomic E-state index is 13.5. The van der Waals surface area contributed by atoms with Crippen molar-refractivity contribution < 1.29 is 9.59 Å². The summed E-state index contributed by atoms with van der Waals surface area (Å²) in [6.07, 6.45) is 5.74. The number of rotatable bonds is 6. The summed E-state index contributed by atoms with van der Waals surface area (Å²) in [5.41, 5.74) is 2.31. The van der Waals surface area contributed by atoms with Crippen molar-refractivity contribution in [3.8, 4) is 0 Å². The van der Waals surface area contributed by atoms with E-state index in [-0.39, 0.29) is 23.6 Å². The summed E-state index contributed by atoms with van der Waals surface area (Å²) >= 11 is 1.10. The highest BCUT2D eigenvalue weighted by Crippen LogP contribution is 2.30. The molecule has 1 N–H and O–H groups in total. The fourth-order valence-corrected chi connectivity index (χ4v) is 4.24. The number of amides is 2. The maximum absolute atomic E-state index is 13.5. The average Bonchev–Trinajstić information content (AvgIpc) is 3.46. The third-order valence-corrected chi connectivity index (χ3v) is 5.76. The first-order valence-electron chi connectivity index (χ1n) is 10.0. The first kappa shape index (κ1) is 20.2. The second kappa shape index (κ2) is 9.13. The van der Waals surface area contributed by atoms with Crippen LogP contribution in [-0.4, -0.2) is 32.4 Å². The van der Waals surface area contributed by atoms with Crippen LogP contribution in [-0.2, 0) is 4.79 Å². The lowest BCUT2D eigenvalue weighted by Gasteiger charge is -2.31. The van der Waals surface area contributed by atoms with E-state index in [0.29, 0.717) is 11.4 Å². The molecule has 1 aromatic carbocycles. The molecule has 1 atom stereocenters. The molecular weight excluding hydrogens is 398 g/mol. The zero-order chi connectivity index (χ0) is 20.9. The van der Waals surface area contributed by atoms with Gasteiger partial charge >= 0.3 is 0 Å². The van der Waals surface area contributed by atoms with E-state index >= 15 is 0 Å². The number of carbonyl (C=O) groups is 2. The van der Waals surface area contributed by atoms with E-state index in [0.717, 1.165) is 42.8 Å². The van der Waals surface area contributed by atoms with E-state index in [2.05, 4.69) is 19.9 Å². The maximum Gasteiger partial charge on any atom is 0.280 e. The van der Waals surface area contributed by atoms with Crippen molar-refractivity contribution in [1.29, 1.82) is 0 Å². The summed E-state index contributed by atoms with van der Waals surface area (Å²) in [6.45, 7) is 1.95. The number of hydrogen-bond donors (Lipinski definition) is 1. The van der Waals surface area contributed by atoms with Gasteiger partial charge in [0.1, 0.15) is 0 Å². The smallest absolute Gasteiger partial charge is 0.280 e. The number of anilines is 1. The quantitative estimate of drug-likeness (QED) is 0.656. The lowest BCUT2D eigenvalue weighted by molar-refractivity contribution is -0.123. The van der Waals surface area contributed by atoms with Crippen molar-refractivity contribution in [3.05, 3.63) is 71.0 Å². The van der Waals surface area contributed by atoms with Crippen LogP contribution in [0.25, 0.3) is 0 Å². The molecular formula is C22H23N5O2S. The Labute approximate surface area is 179 Å². The van der Waals surface area contributed by atoms with Crippen molar-refractivity contribution in [2.24, 2.45) is 0 Å². The second-order valence-electron chi connectivity index (χ2n) is 7.45. The topological polar surface area (TPSA) is 88.1 Å². The molecule has 7 nitrogen and oxygen atoms in total. The minimum absolute atomic E-state index is 0.124. The molecule has 154 valence electrons. The molecule has 1 unspecified atom stereocenters. The number of aromatic nitrogens is 3. The van der Waals surface area contributed by atoms with E-state index in [9.17, 15) is 9.59 Å². The molecule has 4 rings (SSSR count). The Morgan fingerprint density at radius 1 is 1.17 bits per heavy atom. The van der Waals surface area contributed by atoms with Crippen LogP contribution in [0, 0.1) is 6.92 Å². The third-order valence-electron chi connectivity index (χ3n) is 5.25. The highest BCUT2D eigenvalue weighted by atomic mass is 32.1. The van der Waals surface area contributed by atoms with Gasteiger partial charge in [0.05, 0.1) is 5.69 Å². The lowest BCUT2D eigenvalue weighted by atomic mass is 10.1. The van der Waals surface area contributed by atoms with Gasteiger partial charge in [0.15, 0.2) is 11.7 Å². The largest absolute Gasteiger partial charge is 0.351 e. The molecule has 1 aliphatic rings. The summed E-state index contributed by atoms with van der Waals surface area (Å²) < 4.78 is 3.82. The number of hydrogen-bond acceptors (Lipinski definition) is 6. The van der Waals surface area contributed by atoms with E-state index in [1.165, 1.54) is 4.90 Å². The van der Waals surface area contributed by atoms with Gasteiger partial charge < -0.3 is 5.32 Å². The average molecular weight is 422 g/mol. The van der Waals surface area contributed by atoms with Gasteiger partial charge in [0, 0.05) is 23.3 Å². The first-order chi connectivity index (χ1) is 14.6. The second-order valence-corrected chi connectivity index (χ2v) is 8.06. The Balaban J connectivity index is 1.79. The molecule has 30 heavy (non-hydrogen) atoms. The van der Waals surface area contributed by atoms with Crippen molar-refractivity contribution >= 4 is 29.0 Å². The fourth-order valence-electron chi connectivity index (χ4n) is 3.81. The third kappa shape index (κ3) is 4.38. The number of nitrogens with zero attached hydrogens (tertiary/aromatic N) is 4. The molecule has 0 aliphatic heterocycles. The molecule has 3 aromatic rings. The molecule has 0 radical (unpaired) electrons. The van der Waals surface area contributed by atoms with E-state index in [1.54, 1.807) is 23.7 Å². The molecule has 0 bridgehead atoms. The fraction of sp³-hybridized carbons (Fsp3) is 0.318. The van der Waals surface area contributed by atoms with Gasteiger partial charge in [0.2, 0.25) is 5.91 Å². The molecule has 2 aromatic heterocycles. The number of nitrogens with one attached hydrogen (secondary N) is 1. The molecule has 0 spiro atoms. The van der Waals surface area contributed by atoms with Crippen LogP contribution in [0.4, 0.5) is 5.69 Å². The molecule has 1 aliphatic carbocycles. The van der Waals surface area contributed by atoms with Crippen LogP contribution < -0.4 is 10.2 Å². The van der Waals surface area contributed by atoms with Crippen LogP contribution in [0.1, 0.15) is 53.5 Å². The monoisotopic (exact) mass is 421 g/mol. The molecule has 2 amide bonds. The highest BCUT2D eigenvalue weighted by Gasteiger charge is 2.36. The van der Waals surface area contributed by atoms with E-state index < -0.39 is 6.04 Å². The Hall–Kier alpha value is -3.13. The van der Waals surface area contributed by atoms with Crippen LogP contribution in [0.2, 0.25) is 0 Å². The molecule has 1 saturated carbocycles. The van der Waals surface area contributed by atoms with Gasteiger partial charge in [-0.1, -0.05) is 35.5 Å². The number of aryl methyl sites for hydroxylation is 1. The molecule has 1 fully saturated rings. The SMILES string of the molecule is Cc1cccc(N(C(=O)c2csnn2)C(C(=O)NC2CCCC2)c2ccccn2)c1. The first-order valence-corrected chi connectivity index (χ1v) is 10.9. The minimum atomic E-state index is -0.914. The summed E-state index contributed by atoms with van der Waals surface area (Å²) in [7, 11) is 0. The predicted molar refractivity (Wildman–Crippen MR) is 115 cm³/mol. The van der Waals surface area contributed by atoms with Crippen molar-refractivity contribution in [2.45, 2.75) is 44.7 Å². The molecule has 8 heteroatoms. The Bertz CT molecular complexity index is 1000. The highest BCUT2D eigenvalue weighted by molar-refractivity contribution is 7.03. The zero-order valence-electron chi connectivity index (χ0n) is 16.7. The van der Waals surface area contributed by atoms with Crippen molar-refractivity contribution in [2.75, 3.05) is 4.90 Å². The van der Waals surface area contributed by atoms with Crippen LogP contribution in [0.15, 0.2) is 54.0 Å². The summed E-state index contributed by atoms with van der Waals surface area (Å²) in [5.74, 6) is -0.620. The van der Waals surface area contributed by atoms with Gasteiger partial charge in [-0.2, -0.15) is 0 Å². The van der Waals surface area contributed by atoms with Gasteiger partial charge in [-0.3, -0.25) is 19.5 Å². The van der Waals surface area contributed by atoms with Crippen LogP contribution >= 0.6 is 11.5 Å². The lowest BCUT2D eigenvalue weighted by Crippen LogP contribution is -2.46. The summed E-state index contributed by atoms with van der Waals surface area (Å²) in [4.78, 5) is 32.9. The molecule has 2 heterocycles. The summed E-state index contributed by atoms with van der Waals surface area (Å²) in [5, 5.41) is 8.68. The number of pyridine rings is 1. The molecule has 0 saturated heterocycles. The van der Waals surface area contributed by atoms with Gasteiger partial charge in [-0.25, -0.2) is 0 Å². The standard InChI is InChI=1S/C22H23N5O2S/c1-15-7-6-10-17(13-15)27(22(29)19-14-30-26-25-19)20(18-11-4-5-12-23-18)21(28)24-16-8-2-3-9-16/h4-7,10-14,16,20H,2-3,8-9H2,1H3,(H,24,28). The number of carbonyl (C=O) groups excluding carboxylic acids is 2. The van der Waals surface area contributed by atoms with Crippen molar-refractivity contribution in [1.82, 2.24) is 19.9 Å². The van der Waals surface area contributed by atoms with Crippen molar-refractivity contribution in [3.63, 3.8) is 0 Å². The van der Waals surface area contributed by atoms with E-state index in [1.807, 2.05) is 37.3 Å². The normalized spacial score (nSPS) is 15.0. The Morgan fingerprint density at radius 3 is 2.67 bits per heavy atom. The Kier molecular flexibility index (Phi) is 6.13. The predicted octanol–water partition coefficient (Wildman–Crippen LogP) is 3.69. The van der Waals surface area contributed by atoms with Crippen LogP contribution in [0.5, 0.6) is 0 Å². The number of benzene rings is 1. The Morgan fingerprint density at radius 2 is 2.00 bits per heavy atom. The van der Waals surface area contributed by atoms with Crippen LogP contribution in [0.3, 0.4) is 0 Å². The van der Waals surface area contributed by atoms with Gasteiger partial charge in [0.25, 0.3) is 5.91 Å². The summed E-state index contributed by atoms with van der Waals surface area (Å²) in [6, 6.07) is 12.1. The minimum Gasteiger partial charge on any atom is -0.351 e. The zero-order valence-corrected chi connectivity index (χ0v) is 17.5. The van der Waals surface area contributed by atoms with Gasteiger partial charge in [-0.05, 0) is 61.1 Å². The van der Waals surface area contributed by atoms with Gasteiger partial charge in [-0.15, -0.1) is 5.10 Å².